The Labute approximate surface area is 185 Å². The molecule has 0 spiro atoms. The number of guanidine groups is 1. The van der Waals surface area contributed by atoms with E-state index in [2.05, 4.69) is 20.4 Å². The highest BCUT2D eigenvalue weighted by atomic mass is 19.4. The van der Waals surface area contributed by atoms with Gasteiger partial charge in [-0.1, -0.05) is 6.07 Å². The maximum absolute atomic E-state index is 14.0. The summed E-state index contributed by atoms with van der Waals surface area (Å²) in [7, 11) is 1.23. The fraction of sp³-hybridized carbons (Fsp3) is 0.368. The fourth-order valence-electron chi connectivity index (χ4n) is 3.51. The first-order chi connectivity index (χ1) is 15.3. The largest absolute Gasteiger partial charge is 0.511 e. The van der Waals surface area contributed by atoms with Crippen LogP contribution >= 0.6 is 0 Å². The van der Waals surface area contributed by atoms with Gasteiger partial charge in [-0.2, -0.15) is 13.2 Å². The number of halogens is 3. The summed E-state index contributed by atoms with van der Waals surface area (Å²) in [5.41, 5.74) is 2.98. The van der Waals surface area contributed by atoms with E-state index in [1.807, 2.05) is 0 Å². The number of rotatable bonds is 3. The summed E-state index contributed by atoms with van der Waals surface area (Å²) in [6.45, 7) is 3.38. The standard InChI is InChI=1S/C19H21F3N6O5/c1-18(2)8-27(16(30)26-18)15-25-7-11(33-17(31)32)13(23)28(15)12-9(14(29)24-3)5-4-6-10(12)19(20,21)22/h4-7,13H,8,23H2,1-3H3,(H,24,29)(H,26,30)(H,31,32). The number of benzene rings is 1. The summed E-state index contributed by atoms with van der Waals surface area (Å²) < 4.78 is 46.6. The molecule has 0 aliphatic carbocycles. The van der Waals surface area contributed by atoms with Crippen LogP contribution in [-0.2, 0) is 10.9 Å². The summed E-state index contributed by atoms with van der Waals surface area (Å²) in [4.78, 5) is 42.0. The molecule has 0 radical (unpaired) electrons. The second-order valence-corrected chi connectivity index (χ2v) is 7.82. The molecule has 2 aliphatic heterocycles. The third-order valence-corrected chi connectivity index (χ3v) is 4.84. The van der Waals surface area contributed by atoms with Crippen molar-refractivity contribution in [2.45, 2.75) is 31.7 Å². The van der Waals surface area contributed by atoms with E-state index in [1.165, 1.54) is 7.05 Å². The summed E-state index contributed by atoms with van der Waals surface area (Å²) in [5.74, 6) is -1.72. The van der Waals surface area contributed by atoms with Crippen LogP contribution < -0.4 is 21.3 Å². The number of amides is 3. The average Bonchev–Trinajstić information content (AvgIpc) is 2.99. The molecule has 0 saturated carbocycles. The van der Waals surface area contributed by atoms with E-state index in [9.17, 15) is 27.6 Å². The van der Waals surface area contributed by atoms with E-state index >= 15 is 0 Å². The van der Waals surface area contributed by atoms with Crippen LogP contribution in [0.5, 0.6) is 0 Å². The molecule has 2 heterocycles. The number of carbonyl (C=O) groups excluding carboxylic acids is 2. The van der Waals surface area contributed by atoms with Crippen molar-refractivity contribution in [3.63, 3.8) is 0 Å². The number of nitrogens with zero attached hydrogens (tertiary/aromatic N) is 3. The molecule has 0 aromatic heterocycles. The second kappa shape index (κ2) is 8.27. The molecule has 1 aromatic carbocycles. The first kappa shape index (κ1) is 23.8. The van der Waals surface area contributed by atoms with Gasteiger partial charge in [-0.3, -0.25) is 14.6 Å². The Morgan fingerprint density at radius 3 is 2.55 bits per heavy atom. The van der Waals surface area contributed by atoms with Crippen LogP contribution in [0, 0.1) is 0 Å². The lowest BCUT2D eigenvalue weighted by molar-refractivity contribution is -0.137. The fourth-order valence-corrected chi connectivity index (χ4v) is 3.51. The zero-order chi connectivity index (χ0) is 24.7. The zero-order valence-corrected chi connectivity index (χ0v) is 17.7. The lowest BCUT2D eigenvalue weighted by atomic mass is 10.0. The number of nitrogens with one attached hydrogen (secondary N) is 2. The van der Waals surface area contributed by atoms with Gasteiger partial charge in [0.2, 0.25) is 5.96 Å². The minimum Gasteiger partial charge on any atom is -0.449 e. The summed E-state index contributed by atoms with van der Waals surface area (Å²) in [6, 6.07) is 2.24. The molecule has 1 saturated heterocycles. The molecule has 11 nitrogen and oxygen atoms in total. The van der Waals surface area contributed by atoms with Crippen molar-refractivity contribution in [2.24, 2.45) is 10.7 Å². The summed E-state index contributed by atoms with van der Waals surface area (Å²) >= 11 is 0. The van der Waals surface area contributed by atoms with Gasteiger partial charge in [0, 0.05) is 7.05 Å². The molecule has 1 atom stereocenters. The Kier molecular flexibility index (Phi) is 5.98. The minimum atomic E-state index is -4.94. The van der Waals surface area contributed by atoms with Gasteiger partial charge in [-0.25, -0.2) is 14.6 Å². The first-order valence-electron chi connectivity index (χ1n) is 9.52. The van der Waals surface area contributed by atoms with E-state index in [1.54, 1.807) is 13.8 Å². The highest BCUT2D eigenvalue weighted by Crippen LogP contribution is 2.41. The summed E-state index contributed by atoms with van der Waals surface area (Å²) in [5, 5.41) is 13.9. The van der Waals surface area contributed by atoms with Crippen molar-refractivity contribution in [1.82, 2.24) is 15.5 Å². The topological polar surface area (TPSA) is 150 Å². The van der Waals surface area contributed by atoms with Crippen LogP contribution in [-0.4, -0.2) is 59.4 Å². The van der Waals surface area contributed by atoms with Gasteiger partial charge in [0.25, 0.3) is 5.91 Å². The van der Waals surface area contributed by atoms with Crippen LogP contribution in [0.2, 0.25) is 0 Å². The Bertz CT molecular complexity index is 1070. The molecule has 1 fully saturated rings. The maximum atomic E-state index is 14.0. The third-order valence-electron chi connectivity index (χ3n) is 4.84. The van der Waals surface area contributed by atoms with E-state index in [-0.39, 0.29) is 12.5 Å². The van der Waals surface area contributed by atoms with Crippen molar-refractivity contribution < 1.29 is 37.4 Å². The second-order valence-electron chi connectivity index (χ2n) is 7.82. The maximum Gasteiger partial charge on any atom is 0.511 e. The minimum absolute atomic E-state index is 0.000337. The van der Waals surface area contributed by atoms with Crippen molar-refractivity contribution in [3.8, 4) is 0 Å². The third kappa shape index (κ3) is 4.55. The van der Waals surface area contributed by atoms with Crippen LogP contribution in [0.25, 0.3) is 0 Å². The Hall–Kier alpha value is -3.81. The number of carboxylic acid groups (broad SMARTS) is 1. The zero-order valence-electron chi connectivity index (χ0n) is 17.7. The van der Waals surface area contributed by atoms with Gasteiger partial charge >= 0.3 is 18.4 Å². The lowest BCUT2D eigenvalue weighted by Gasteiger charge is -2.39. The van der Waals surface area contributed by atoms with Gasteiger partial charge in [-0.15, -0.1) is 0 Å². The van der Waals surface area contributed by atoms with Crippen LogP contribution in [0.4, 0.5) is 28.4 Å². The van der Waals surface area contributed by atoms with Crippen molar-refractivity contribution >= 4 is 29.7 Å². The molecule has 33 heavy (non-hydrogen) atoms. The Morgan fingerprint density at radius 1 is 1.36 bits per heavy atom. The normalized spacial score (nSPS) is 20.1. The van der Waals surface area contributed by atoms with Crippen molar-refractivity contribution in [1.29, 1.82) is 0 Å². The van der Waals surface area contributed by atoms with Gasteiger partial charge in [0.15, 0.2) is 5.76 Å². The number of alkyl halides is 3. The molecule has 0 bridgehead atoms. The first-order valence-corrected chi connectivity index (χ1v) is 9.52. The quantitative estimate of drug-likeness (QED) is 0.493. The number of nitrogens with two attached hydrogens (primary N) is 1. The van der Waals surface area contributed by atoms with E-state index in [0.29, 0.717) is 0 Å². The van der Waals surface area contributed by atoms with Crippen molar-refractivity contribution in [3.05, 3.63) is 41.3 Å². The highest BCUT2D eigenvalue weighted by Gasteiger charge is 2.46. The molecule has 178 valence electrons. The number of hydrogen-bond acceptors (Lipinski definition) is 7. The van der Waals surface area contributed by atoms with Crippen LogP contribution in [0.15, 0.2) is 35.2 Å². The van der Waals surface area contributed by atoms with Gasteiger partial charge in [0.1, 0.15) is 6.17 Å². The molecular weight excluding hydrogens is 449 g/mol. The molecule has 14 heteroatoms. The molecule has 2 aliphatic rings. The van der Waals surface area contributed by atoms with E-state index < -0.39 is 58.5 Å². The number of anilines is 1. The Balaban J connectivity index is 2.29. The van der Waals surface area contributed by atoms with Gasteiger partial charge in [-0.05, 0) is 26.0 Å². The number of urea groups is 1. The average molecular weight is 470 g/mol. The highest BCUT2D eigenvalue weighted by molar-refractivity contribution is 6.12. The van der Waals surface area contributed by atoms with E-state index in [0.717, 1.165) is 34.2 Å². The van der Waals surface area contributed by atoms with Crippen LogP contribution in [0.3, 0.4) is 0 Å². The molecule has 1 unspecified atom stereocenters. The number of para-hydroxylation sites is 1. The number of aliphatic imine (C=N–C) groups is 1. The smallest absolute Gasteiger partial charge is 0.449 e. The molecule has 1 aromatic rings. The number of hydrogen-bond donors (Lipinski definition) is 4. The monoisotopic (exact) mass is 470 g/mol. The molecule has 5 N–H and O–H groups in total. The Morgan fingerprint density at radius 2 is 2.03 bits per heavy atom. The summed E-state index contributed by atoms with van der Waals surface area (Å²) in [6.07, 6.45) is -7.48. The SMILES string of the molecule is CNC(=O)c1cccc(C(F)(F)F)c1N1C(N2CC(C)(C)NC2=O)=NC=C(OC(=O)O)C1N. The van der Waals surface area contributed by atoms with E-state index in [4.69, 9.17) is 10.8 Å². The predicted molar refractivity (Wildman–Crippen MR) is 109 cm³/mol. The molecular formula is C19H21F3N6O5. The van der Waals surface area contributed by atoms with Crippen LogP contribution in [0.1, 0.15) is 29.8 Å². The molecule has 3 amide bonds. The van der Waals surface area contributed by atoms with Crippen molar-refractivity contribution in [2.75, 3.05) is 18.5 Å². The van der Waals surface area contributed by atoms with Gasteiger partial charge in [0.05, 0.1) is 35.1 Å². The lowest BCUT2D eigenvalue weighted by Crippen LogP contribution is -2.57. The number of carbonyl (C=O) groups is 3. The predicted octanol–water partition coefficient (Wildman–Crippen LogP) is 1.87. The van der Waals surface area contributed by atoms with Gasteiger partial charge < -0.3 is 26.2 Å². The number of ether oxygens (including phenoxy) is 1. The molecule has 3 rings (SSSR count).